The first-order valence-electron chi connectivity index (χ1n) is 6.27. The number of ether oxygens (including phenoxy) is 1. The molecular formula is C16H18BrNO. The lowest BCUT2D eigenvalue weighted by molar-refractivity contribution is 0.407. The van der Waals surface area contributed by atoms with Crippen LogP contribution in [0.15, 0.2) is 46.9 Å². The van der Waals surface area contributed by atoms with Crippen molar-refractivity contribution in [3.63, 3.8) is 0 Å². The molecule has 0 aliphatic rings. The maximum atomic E-state index is 5.46. The van der Waals surface area contributed by atoms with Gasteiger partial charge >= 0.3 is 0 Å². The molecule has 100 valence electrons. The van der Waals surface area contributed by atoms with E-state index in [2.05, 4.69) is 65.4 Å². The normalized spacial score (nSPS) is 12.0. The summed E-state index contributed by atoms with van der Waals surface area (Å²) in [7, 11) is 1.71. The standard InChI is InChI=1S/C16H18BrNO/c1-11-7-8-15(16(9-11)19-3)12(2)18-14-6-4-5-13(17)10-14/h4-10,12,18H,1-3H3. The highest BCUT2D eigenvalue weighted by Crippen LogP contribution is 2.29. The second-order valence-electron chi connectivity index (χ2n) is 4.62. The number of benzene rings is 2. The van der Waals surface area contributed by atoms with Crippen LogP contribution < -0.4 is 10.1 Å². The molecule has 0 bridgehead atoms. The Labute approximate surface area is 122 Å². The Balaban J connectivity index is 2.22. The average Bonchev–Trinajstić information content (AvgIpc) is 2.38. The summed E-state index contributed by atoms with van der Waals surface area (Å²) in [6.45, 7) is 4.20. The molecule has 0 radical (unpaired) electrons. The molecular weight excluding hydrogens is 302 g/mol. The number of halogens is 1. The van der Waals surface area contributed by atoms with Gasteiger partial charge in [-0.3, -0.25) is 0 Å². The minimum absolute atomic E-state index is 0.185. The van der Waals surface area contributed by atoms with E-state index in [0.29, 0.717) is 0 Å². The van der Waals surface area contributed by atoms with Gasteiger partial charge in [0, 0.05) is 15.7 Å². The van der Waals surface area contributed by atoms with Crippen molar-refractivity contribution in [2.24, 2.45) is 0 Å². The van der Waals surface area contributed by atoms with Crippen LogP contribution in [0.5, 0.6) is 5.75 Å². The van der Waals surface area contributed by atoms with Gasteiger partial charge in [0.05, 0.1) is 13.2 Å². The van der Waals surface area contributed by atoms with Crippen molar-refractivity contribution in [1.82, 2.24) is 0 Å². The fourth-order valence-electron chi connectivity index (χ4n) is 2.08. The van der Waals surface area contributed by atoms with Gasteiger partial charge in [-0.05, 0) is 43.7 Å². The summed E-state index contributed by atoms with van der Waals surface area (Å²) in [6.07, 6.45) is 0. The van der Waals surface area contributed by atoms with Crippen molar-refractivity contribution in [1.29, 1.82) is 0 Å². The maximum absolute atomic E-state index is 5.46. The Hall–Kier alpha value is -1.48. The van der Waals surface area contributed by atoms with Gasteiger partial charge in [0.25, 0.3) is 0 Å². The summed E-state index contributed by atoms with van der Waals surface area (Å²) in [5.41, 5.74) is 3.45. The molecule has 0 saturated heterocycles. The Morgan fingerprint density at radius 2 is 1.95 bits per heavy atom. The van der Waals surface area contributed by atoms with Crippen molar-refractivity contribution < 1.29 is 4.74 Å². The molecule has 2 aromatic rings. The quantitative estimate of drug-likeness (QED) is 0.861. The molecule has 2 nitrogen and oxygen atoms in total. The van der Waals surface area contributed by atoms with Crippen molar-refractivity contribution in [2.45, 2.75) is 19.9 Å². The van der Waals surface area contributed by atoms with Gasteiger partial charge in [0.1, 0.15) is 5.75 Å². The Kier molecular flexibility index (Phi) is 4.48. The van der Waals surface area contributed by atoms with Gasteiger partial charge in [-0.15, -0.1) is 0 Å². The lowest BCUT2D eigenvalue weighted by atomic mass is 10.0. The predicted octanol–water partition coefficient (Wildman–Crippen LogP) is 4.94. The van der Waals surface area contributed by atoms with E-state index in [1.54, 1.807) is 7.11 Å². The summed E-state index contributed by atoms with van der Waals surface area (Å²) in [5, 5.41) is 3.48. The molecule has 0 aliphatic heterocycles. The largest absolute Gasteiger partial charge is 0.496 e. The minimum atomic E-state index is 0.185. The number of aryl methyl sites for hydroxylation is 1. The molecule has 0 amide bonds. The SMILES string of the molecule is COc1cc(C)ccc1C(C)Nc1cccc(Br)c1. The van der Waals surface area contributed by atoms with E-state index in [9.17, 15) is 0 Å². The second kappa shape index (κ2) is 6.11. The summed E-state index contributed by atoms with van der Waals surface area (Å²) >= 11 is 3.48. The summed E-state index contributed by atoms with van der Waals surface area (Å²) < 4.78 is 6.53. The monoisotopic (exact) mass is 319 g/mol. The van der Waals surface area contributed by atoms with Gasteiger partial charge in [0.2, 0.25) is 0 Å². The molecule has 1 unspecified atom stereocenters. The third-order valence-corrected chi connectivity index (χ3v) is 3.56. The fraction of sp³-hybridized carbons (Fsp3) is 0.250. The Morgan fingerprint density at radius 3 is 2.63 bits per heavy atom. The summed E-state index contributed by atoms with van der Waals surface area (Å²) in [4.78, 5) is 0. The van der Waals surface area contributed by atoms with Crippen LogP contribution in [-0.4, -0.2) is 7.11 Å². The zero-order chi connectivity index (χ0) is 13.8. The van der Waals surface area contributed by atoms with Crippen LogP contribution in [0, 0.1) is 6.92 Å². The summed E-state index contributed by atoms with van der Waals surface area (Å²) in [6, 6.07) is 14.6. The third kappa shape index (κ3) is 3.51. The summed E-state index contributed by atoms with van der Waals surface area (Å²) in [5.74, 6) is 0.926. The lowest BCUT2D eigenvalue weighted by Gasteiger charge is -2.19. The number of hydrogen-bond donors (Lipinski definition) is 1. The molecule has 3 heteroatoms. The van der Waals surface area contributed by atoms with Crippen LogP contribution in [0.2, 0.25) is 0 Å². The van der Waals surface area contributed by atoms with Crippen LogP contribution in [0.1, 0.15) is 24.1 Å². The van der Waals surface area contributed by atoms with E-state index in [1.165, 1.54) is 5.56 Å². The van der Waals surface area contributed by atoms with Crippen molar-refractivity contribution in [3.8, 4) is 5.75 Å². The Morgan fingerprint density at radius 1 is 1.16 bits per heavy atom. The third-order valence-electron chi connectivity index (χ3n) is 3.06. The number of anilines is 1. The van der Waals surface area contributed by atoms with E-state index < -0.39 is 0 Å². The van der Waals surface area contributed by atoms with E-state index in [0.717, 1.165) is 21.5 Å². The first kappa shape index (κ1) is 13.9. The maximum Gasteiger partial charge on any atom is 0.124 e. The number of methoxy groups -OCH3 is 1. The van der Waals surface area contributed by atoms with Gasteiger partial charge in [-0.25, -0.2) is 0 Å². The number of rotatable bonds is 4. The molecule has 0 saturated carbocycles. The minimum Gasteiger partial charge on any atom is -0.496 e. The van der Waals surface area contributed by atoms with Crippen LogP contribution in [0.4, 0.5) is 5.69 Å². The molecule has 0 fully saturated rings. The molecule has 2 aromatic carbocycles. The highest BCUT2D eigenvalue weighted by atomic mass is 79.9. The lowest BCUT2D eigenvalue weighted by Crippen LogP contribution is -2.08. The zero-order valence-electron chi connectivity index (χ0n) is 11.4. The smallest absolute Gasteiger partial charge is 0.124 e. The zero-order valence-corrected chi connectivity index (χ0v) is 13.0. The van der Waals surface area contributed by atoms with Crippen LogP contribution >= 0.6 is 15.9 Å². The van der Waals surface area contributed by atoms with E-state index in [-0.39, 0.29) is 6.04 Å². The molecule has 2 rings (SSSR count). The topological polar surface area (TPSA) is 21.3 Å². The van der Waals surface area contributed by atoms with Gasteiger partial charge in [-0.1, -0.05) is 34.1 Å². The first-order chi connectivity index (χ1) is 9.10. The van der Waals surface area contributed by atoms with Gasteiger partial charge in [-0.2, -0.15) is 0 Å². The molecule has 0 heterocycles. The van der Waals surface area contributed by atoms with Gasteiger partial charge < -0.3 is 10.1 Å². The first-order valence-corrected chi connectivity index (χ1v) is 7.06. The van der Waals surface area contributed by atoms with Crippen LogP contribution in [0.3, 0.4) is 0 Å². The fourth-order valence-corrected chi connectivity index (χ4v) is 2.48. The number of nitrogens with one attached hydrogen (secondary N) is 1. The van der Waals surface area contributed by atoms with Crippen LogP contribution in [0.25, 0.3) is 0 Å². The molecule has 19 heavy (non-hydrogen) atoms. The van der Waals surface area contributed by atoms with E-state index in [1.807, 2.05) is 12.1 Å². The second-order valence-corrected chi connectivity index (χ2v) is 5.54. The molecule has 1 atom stereocenters. The molecule has 0 aliphatic carbocycles. The highest BCUT2D eigenvalue weighted by molar-refractivity contribution is 9.10. The van der Waals surface area contributed by atoms with Crippen molar-refractivity contribution >= 4 is 21.6 Å². The van der Waals surface area contributed by atoms with Crippen LogP contribution in [-0.2, 0) is 0 Å². The van der Waals surface area contributed by atoms with E-state index in [4.69, 9.17) is 4.74 Å². The van der Waals surface area contributed by atoms with Gasteiger partial charge in [0.15, 0.2) is 0 Å². The van der Waals surface area contributed by atoms with Crippen molar-refractivity contribution in [2.75, 3.05) is 12.4 Å². The number of hydrogen-bond acceptors (Lipinski definition) is 2. The van der Waals surface area contributed by atoms with E-state index >= 15 is 0 Å². The molecule has 0 aromatic heterocycles. The van der Waals surface area contributed by atoms with Crippen molar-refractivity contribution in [3.05, 3.63) is 58.1 Å². The highest BCUT2D eigenvalue weighted by Gasteiger charge is 2.11. The molecule has 0 spiro atoms. The Bertz CT molecular complexity index is 568. The predicted molar refractivity (Wildman–Crippen MR) is 83.9 cm³/mol. The average molecular weight is 320 g/mol. The molecule has 1 N–H and O–H groups in total.